The molecule has 0 spiro atoms. The predicted octanol–water partition coefficient (Wildman–Crippen LogP) is 1.07. The summed E-state index contributed by atoms with van der Waals surface area (Å²) < 4.78 is 4.85. The average Bonchev–Trinajstić information content (AvgIpc) is 2.92. The summed E-state index contributed by atoms with van der Waals surface area (Å²) in [6.07, 6.45) is -0.0462. The van der Waals surface area contributed by atoms with Crippen LogP contribution in [0.1, 0.15) is 12.2 Å². The standard InChI is InChI=1S/C14H19N3O5S2/c1-9-4-11(16-22-9)15-12(18)7-24-8-13(19)17-2-3-23-6-10(17)5-14(20)21/h4,10H,2-3,5-8H2,1H3,(H,20,21)(H,15,16,18). The number of hydrogen-bond acceptors (Lipinski definition) is 7. The average molecular weight is 373 g/mol. The third kappa shape index (κ3) is 5.75. The van der Waals surface area contributed by atoms with Gasteiger partial charge in [-0.15, -0.1) is 11.8 Å². The van der Waals surface area contributed by atoms with Crippen LogP contribution in [0, 0.1) is 6.92 Å². The number of carboxylic acids is 1. The van der Waals surface area contributed by atoms with Gasteiger partial charge in [0.15, 0.2) is 5.82 Å². The molecule has 1 aliphatic heterocycles. The SMILES string of the molecule is Cc1cc(NC(=O)CSCC(=O)N2CCSCC2CC(=O)O)no1. The maximum Gasteiger partial charge on any atom is 0.305 e. The minimum Gasteiger partial charge on any atom is -0.481 e. The van der Waals surface area contributed by atoms with Crippen molar-refractivity contribution in [2.75, 3.05) is 34.9 Å². The Kier molecular flexibility index (Phi) is 6.98. The number of aromatic nitrogens is 1. The molecule has 132 valence electrons. The van der Waals surface area contributed by atoms with Gasteiger partial charge in [0.25, 0.3) is 0 Å². The zero-order chi connectivity index (χ0) is 17.5. The number of thioether (sulfide) groups is 2. The molecule has 2 rings (SSSR count). The summed E-state index contributed by atoms with van der Waals surface area (Å²) in [6.45, 7) is 2.27. The molecule has 1 saturated heterocycles. The number of rotatable bonds is 7. The van der Waals surface area contributed by atoms with Gasteiger partial charge in [0.1, 0.15) is 5.76 Å². The molecule has 0 radical (unpaired) electrons. The third-order valence-electron chi connectivity index (χ3n) is 3.31. The van der Waals surface area contributed by atoms with E-state index in [2.05, 4.69) is 10.5 Å². The first kappa shape index (κ1) is 18.7. The van der Waals surface area contributed by atoms with Crippen molar-refractivity contribution < 1.29 is 24.0 Å². The molecule has 2 N–H and O–H groups in total. The highest BCUT2D eigenvalue weighted by Gasteiger charge is 2.28. The summed E-state index contributed by atoms with van der Waals surface area (Å²) in [4.78, 5) is 36.6. The first-order valence-corrected chi connectivity index (χ1v) is 9.66. The third-order valence-corrected chi connectivity index (χ3v) is 5.32. The first-order chi connectivity index (χ1) is 11.5. The summed E-state index contributed by atoms with van der Waals surface area (Å²) in [5.74, 6) is 1.34. The molecular formula is C14H19N3O5S2. The van der Waals surface area contributed by atoms with Gasteiger partial charge in [-0.25, -0.2) is 0 Å². The Bertz CT molecular complexity index is 607. The van der Waals surface area contributed by atoms with Crippen molar-refractivity contribution in [1.82, 2.24) is 10.1 Å². The van der Waals surface area contributed by atoms with Gasteiger partial charge >= 0.3 is 5.97 Å². The Balaban J connectivity index is 1.75. The minimum absolute atomic E-state index is 0.0462. The molecule has 10 heteroatoms. The van der Waals surface area contributed by atoms with E-state index in [0.29, 0.717) is 23.9 Å². The molecule has 8 nitrogen and oxygen atoms in total. The number of aliphatic carboxylic acids is 1. The summed E-state index contributed by atoms with van der Waals surface area (Å²) >= 11 is 2.85. The molecule has 1 aromatic rings. The molecule has 1 atom stereocenters. The number of nitrogens with one attached hydrogen (secondary N) is 1. The fraction of sp³-hybridized carbons (Fsp3) is 0.571. The van der Waals surface area contributed by atoms with E-state index in [9.17, 15) is 14.4 Å². The summed E-state index contributed by atoms with van der Waals surface area (Å²) in [6, 6.07) is 1.33. The Labute approximate surface area is 147 Å². The molecule has 1 aromatic heterocycles. The van der Waals surface area contributed by atoms with Crippen LogP contribution in [0.3, 0.4) is 0 Å². The molecule has 0 aliphatic carbocycles. The van der Waals surface area contributed by atoms with Crippen molar-refractivity contribution in [2.45, 2.75) is 19.4 Å². The number of carboxylic acid groups (broad SMARTS) is 1. The minimum atomic E-state index is -0.907. The molecule has 1 aliphatic rings. The van der Waals surface area contributed by atoms with Gasteiger partial charge in [0, 0.05) is 24.1 Å². The highest BCUT2D eigenvalue weighted by atomic mass is 32.2. The van der Waals surface area contributed by atoms with Crippen LogP contribution in [0.2, 0.25) is 0 Å². The monoisotopic (exact) mass is 373 g/mol. The summed E-state index contributed by atoms with van der Waals surface area (Å²) in [5.41, 5.74) is 0. The van der Waals surface area contributed by atoms with Crippen LogP contribution in [0.5, 0.6) is 0 Å². The van der Waals surface area contributed by atoms with E-state index in [1.807, 2.05) is 0 Å². The van der Waals surface area contributed by atoms with Crippen LogP contribution < -0.4 is 5.32 Å². The molecular weight excluding hydrogens is 354 g/mol. The smallest absolute Gasteiger partial charge is 0.305 e. The zero-order valence-electron chi connectivity index (χ0n) is 13.2. The highest BCUT2D eigenvalue weighted by Crippen LogP contribution is 2.20. The Morgan fingerprint density at radius 1 is 1.50 bits per heavy atom. The largest absolute Gasteiger partial charge is 0.481 e. The Morgan fingerprint density at radius 3 is 2.96 bits per heavy atom. The van der Waals surface area contributed by atoms with Crippen molar-refractivity contribution >= 4 is 47.1 Å². The number of hydrogen-bond donors (Lipinski definition) is 2. The molecule has 1 unspecified atom stereocenters. The molecule has 0 bridgehead atoms. The van der Waals surface area contributed by atoms with Crippen LogP contribution in [-0.4, -0.2) is 68.5 Å². The maximum atomic E-state index is 12.3. The van der Waals surface area contributed by atoms with Crippen molar-refractivity contribution in [2.24, 2.45) is 0 Å². The van der Waals surface area contributed by atoms with Crippen LogP contribution in [-0.2, 0) is 14.4 Å². The van der Waals surface area contributed by atoms with E-state index in [0.717, 1.165) is 5.75 Å². The van der Waals surface area contributed by atoms with Gasteiger partial charge in [0.2, 0.25) is 11.8 Å². The van der Waals surface area contributed by atoms with Crippen molar-refractivity contribution in [3.8, 4) is 0 Å². The Hall–Kier alpha value is -1.68. The van der Waals surface area contributed by atoms with E-state index < -0.39 is 5.97 Å². The number of anilines is 1. The van der Waals surface area contributed by atoms with Crippen LogP contribution in [0.25, 0.3) is 0 Å². The topological polar surface area (TPSA) is 113 Å². The van der Waals surface area contributed by atoms with Crippen LogP contribution >= 0.6 is 23.5 Å². The summed E-state index contributed by atoms with van der Waals surface area (Å²) in [5, 5.41) is 15.2. The second-order valence-corrected chi connectivity index (χ2v) is 7.41. The lowest BCUT2D eigenvalue weighted by atomic mass is 10.2. The van der Waals surface area contributed by atoms with E-state index >= 15 is 0 Å². The molecule has 0 saturated carbocycles. The van der Waals surface area contributed by atoms with Gasteiger partial charge in [-0.2, -0.15) is 11.8 Å². The lowest BCUT2D eigenvalue weighted by Gasteiger charge is -2.34. The lowest BCUT2D eigenvalue weighted by molar-refractivity contribution is -0.139. The number of carbonyl (C=O) groups is 3. The molecule has 2 amide bonds. The van der Waals surface area contributed by atoms with E-state index in [1.54, 1.807) is 29.7 Å². The Morgan fingerprint density at radius 2 is 2.29 bits per heavy atom. The zero-order valence-corrected chi connectivity index (χ0v) is 14.8. The number of carbonyl (C=O) groups excluding carboxylic acids is 2. The predicted molar refractivity (Wildman–Crippen MR) is 92.3 cm³/mol. The van der Waals surface area contributed by atoms with Gasteiger partial charge < -0.3 is 19.8 Å². The van der Waals surface area contributed by atoms with Gasteiger partial charge in [-0.05, 0) is 6.92 Å². The van der Waals surface area contributed by atoms with Gasteiger partial charge in [-0.3, -0.25) is 14.4 Å². The van der Waals surface area contributed by atoms with Gasteiger partial charge in [-0.1, -0.05) is 5.16 Å². The number of amides is 2. The molecule has 0 aromatic carbocycles. The molecule has 1 fully saturated rings. The second kappa shape index (κ2) is 8.97. The van der Waals surface area contributed by atoms with Gasteiger partial charge in [0.05, 0.1) is 24.0 Å². The lowest BCUT2D eigenvalue weighted by Crippen LogP contribution is -2.47. The number of nitrogens with zero attached hydrogens (tertiary/aromatic N) is 2. The normalized spacial score (nSPS) is 17.5. The highest BCUT2D eigenvalue weighted by molar-refractivity contribution is 8.00. The second-order valence-electron chi connectivity index (χ2n) is 5.28. The van der Waals surface area contributed by atoms with Crippen molar-refractivity contribution in [3.05, 3.63) is 11.8 Å². The molecule has 2 heterocycles. The number of aryl methyl sites for hydroxylation is 1. The van der Waals surface area contributed by atoms with Crippen LogP contribution in [0.4, 0.5) is 5.82 Å². The fourth-order valence-electron chi connectivity index (χ4n) is 2.27. The van der Waals surface area contributed by atoms with E-state index in [1.165, 1.54) is 11.8 Å². The fourth-order valence-corrected chi connectivity index (χ4v) is 4.03. The van der Waals surface area contributed by atoms with E-state index in [4.69, 9.17) is 9.63 Å². The van der Waals surface area contributed by atoms with E-state index in [-0.39, 0.29) is 35.8 Å². The molecule has 24 heavy (non-hydrogen) atoms. The van der Waals surface area contributed by atoms with Crippen molar-refractivity contribution in [1.29, 1.82) is 0 Å². The van der Waals surface area contributed by atoms with Crippen molar-refractivity contribution in [3.63, 3.8) is 0 Å². The first-order valence-electron chi connectivity index (χ1n) is 7.35. The summed E-state index contributed by atoms with van der Waals surface area (Å²) in [7, 11) is 0. The van der Waals surface area contributed by atoms with Crippen LogP contribution in [0.15, 0.2) is 10.6 Å². The maximum absolute atomic E-state index is 12.3. The quantitative estimate of drug-likeness (QED) is 0.730.